The third-order valence-corrected chi connectivity index (χ3v) is 2.51. The van der Waals surface area contributed by atoms with Gasteiger partial charge >= 0.3 is 0 Å². The second-order valence-corrected chi connectivity index (χ2v) is 3.63. The molecule has 3 nitrogen and oxygen atoms in total. The van der Waals surface area contributed by atoms with Crippen LogP contribution in [0, 0.1) is 17.1 Å². The van der Waals surface area contributed by atoms with E-state index in [9.17, 15) is 4.39 Å². The molecule has 0 unspecified atom stereocenters. The minimum absolute atomic E-state index is 0.292. The average molecular weight is 219 g/mol. The van der Waals surface area contributed by atoms with Crippen LogP contribution >= 0.6 is 11.3 Å². The first kappa shape index (κ1) is 9.62. The van der Waals surface area contributed by atoms with Crippen molar-refractivity contribution in [1.29, 1.82) is 5.26 Å². The highest BCUT2D eigenvalue weighted by atomic mass is 32.1. The van der Waals surface area contributed by atoms with Gasteiger partial charge in [0.2, 0.25) is 0 Å². The molecule has 0 saturated carbocycles. The SMILES string of the molecule is N#Cc1scnc1Nc1ccc(F)cc1. The molecule has 74 valence electrons. The lowest BCUT2D eigenvalue weighted by Crippen LogP contribution is -1.92. The predicted molar refractivity (Wildman–Crippen MR) is 56.5 cm³/mol. The summed E-state index contributed by atoms with van der Waals surface area (Å²) in [6.45, 7) is 0. The Hall–Kier alpha value is -1.93. The van der Waals surface area contributed by atoms with E-state index in [1.54, 1.807) is 17.6 Å². The minimum atomic E-state index is -0.292. The largest absolute Gasteiger partial charge is 0.338 e. The quantitative estimate of drug-likeness (QED) is 0.844. The van der Waals surface area contributed by atoms with Crippen LogP contribution < -0.4 is 5.32 Å². The molecular weight excluding hydrogens is 213 g/mol. The normalized spacial score (nSPS) is 9.60. The van der Waals surface area contributed by atoms with Crippen LogP contribution in [0.2, 0.25) is 0 Å². The third kappa shape index (κ3) is 2.11. The maximum Gasteiger partial charge on any atom is 0.159 e. The van der Waals surface area contributed by atoms with Gasteiger partial charge in [-0.05, 0) is 24.3 Å². The van der Waals surface area contributed by atoms with Crippen LogP contribution in [0.3, 0.4) is 0 Å². The summed E-state index contributed by atoms with van der Waals surface area (Å²) in [6, 6.07) is 7.91. The lowest BCUT2D eigenvalue weighted by atomic mass is 10.3. The highest BCUT2D eigenvalue weighted by Gasteiger charge is 2.04. The van der Waals surface area contributed by atoms with Gasteiger partial charge in [-0.15, -0.1) is 11.3 Å². The second kappa shape index (κ2) is 4.07. The highest BCUT2D eigenvalue weighted by Crippen LogP contribution is 2.21. The molecule has 0 spiro atoms. The number of nitriles is 1. The molecule has 2 rings (SSSR count). The monoisotopic (exact) mass is 219 g/mol. The lowest BCUT2D eigenvalue weighted by molar-refractivity contribution is 0.628. The van der Waals surface area contributed by atoms with Crippen LogP contribution in [-0.2, 0) is 0 Å². The van der Waals surface area contributed by atoms with Crippen molar-refractivity contribution in [3.8, 4) is 6.07 Å². The summed E-state index contributed by atoms with van der Waals surface area (Å²) in [5.41, 5.74) is 2.29. The number of halogens is 1. The van der Waals surface area contributed by atoms with Crippen molar-refractivity contribution >= 4 is 22.8 Å². The van der Waals surface area contributed by atoms with Crippen molar-refractivity contribution in [2.75, 3.05) is 5.32 Å². The predicted octanol–water partition coefficient (Wildman–Crippen LogP) is 2.90. The van der Waals surface area contributed by atoms with Crippen molar-refractivity contribution in [2.45, 2.75) is 0 Å². The Morgan fingerprint density at radius 1 is 1.33 bits per heavy atom. The van der Waals surface area contributed by atoms with Crippen LogP contribution in [0.25, 0.3) is 0 Å². The van der Waals surface area contributed by atoms with Gasteiger partial charge in [0.15, 0.2) is 5.82 Å². The van der Waals surface area contributed by atoms with Gasteiger partial charge in [-0.1, -0.05) is 0 Å². The van der Waals surface area contributed by atoms with Gasteiger partial charge in [0.1, 0.15) is 16.8 Å². The number of aromatic nitrogens is 1. The summed E-state index contributed by atoms with van der Waals surface area (Å²) in [4.78, 5) is 4.51. The fraction of sp³-hybridized carbons (Fsp3) is 0. The number of anilines is 2. The second-order valence-electron chi connectivity index (χ2n) is 2.77. The summed E-state index contributed by atoms with van der Waals surface area (Å²) in [5.74, 6) is 0.216. The van der Waals surface area contributed by atoms with Crippen molar-refractivity contribution in [1.82, 2.24) is 4.98 Å². The number of hydrogen-bond acceptors (Lipinski definition) is 4. The maximum atomic E-state index is 12.6. The first-order valence-electron chi connectivity index (χ1n) is 4.16. The Labute approximate surface area is 89.8 Å². The smallest absolute Gasteiger partial charge is 0.159 e. The zero-order valence-corrected chi connectivity index (χ0v) is 8.38. The number of hydrogen-bond donors (Lipinski definition) is 1. The van der Waals surface area contributed by atoms with E-state index >= 15 is 0 Å². The standard InChI is InChI=1S/C10H6FN3S/c11-7-1-3-8(4-2-7)14-10-9(5-12)15-6-13-10/h1-4,6,14H. The van der Waals surface area contributed by atoms with Gasteiger partial charge in [0.25, 0.3) is 0 Å². The molecule has 0 bridgehead atoms. The van der Waals surface area contributed by atoms with E-state index in [2.05, 4.69) is 10.3 Å². The van der Waals surface area contributed by atoms with E-state index in [0.29, 0.717) is 16.4 Å². The Morgan fingerprint density at radius 2 is 2.07 bits per heavy atom. The fourth-order valence-corrected chi connectivity index (χ4v) is 1.62. The number of nitrogens with zero attached hydrogens (tertiary/aromatic N) is 2. The van der Waals surface area contributed by atoms with E-state index in [1.165, 1.54) is 23.5 Å². The highest BCUT2D eigenvalue weighted by molar-refractivity contribution is 7.10. The molecule has 0 aliphatic heterocycles. The van der Waals surface area contributed by atoms with E-state index in [1.807, 2.05) is 6.07 Å². The molecule has 15 heavy (non-hydrogen) atoms. The summed E-state index contributed by atoms with van der Waals surface area (Å²) in [7, 11) is 0. The van der Waals surface area contributed by atoms with Crippen LogP contribution in [0.5, 0.6) is 0 Å². The van der Waals surface area contributed by atoms with Crippen LogP contribution in [0.4, 0.5) is 15.9 Å². The molecule has 1 heterocycles. The number of rotatable bonds is 2. The van der Waals surface area contributed by atoms with Crippen molar-refractivity contribution in [3.63, 3.8) is 0 Å². The average Bonchev–Trinajstić information content (AvgIpc) is 2.69. The summed E-state index contributed by atoms with van der Waals surface area (Å²) < 4.78 is 12.6. The Kier molecular flexibility index (Phi) is 2.61. The van der Waals surface area contributed by atoms with Crippen molar-refractivity contribution < 1.29 is 4.39 Å². The molecule has 0 fully saturated rings. The van der Waals surface area contributed by atoms with Gasteiger partial charge in [0, 0.05) is 5.69 Å². The van der Waals surface area contributed by atoms with Gasteiger partial charge < -0.3 is 5.32 Å². The van der Waals surface area contributed by atoms with Crippen molar-refractivity contribution in [3.05, 3.63) is 40.5 Å². The van der Waals surface area contributed by atoms with E-state index in [4.69, 9.17) is 5.26 Å². The summed E-state index contributed by atoms with van der Waals surface area (Å²) >= 11 is 1.26. The van der Waals surface area contributed by atoms with E-state index in [0.717, 1.165) is 0 Å². The molecule has 1 aromatic heterocycles. The molecule has 1 N–H and O–H groups in total. The van der Waals surface area contributed by atoms with Gasteiger partial charge in [-0.25, -0.2) is 9.37 Å². The van der Waals surface area contributed by atoms with E-state index < -0.39 is 0 Å². The zero-order chi connectivity index (χ0) is 10.7. The summed E-state index contributed by atoms with van der Waals surface area (Å²) in [6.07, 6.45) is 0. The first-order chi connectivity index (χ1) is 7.29. The summed E-state index contributed by atoms with van der Waals surface area (Å²) in [5, 5.41) is 11.7. The number of nitrogens with one attached hydrogen (secondary N) is 1. The fourth-order valence-electron chi connectivity index (χ4n) is 1.08. The third-order valence-electron chi connectivity index (χ3n) is 1.78. The topological polar surface area (TPSA) is 48.7 Å². The van der Waals surface area contributed by atoms with Crippen LogP contribution in [0.15, 0.2) is 29.8 Å². The van der Waals surface area contributed by atoms with Crippen LogP contribution in [-0.4, -0.2) is 4.98 Å². The zero-order valence-electron chi connectivity index (χ0n) is 7.57. The Morgan fingerprint density at radius 3 is 2.73 bits per heavy atom. The molecule has 0 aliphatic carbocycles. The molecule has 0 aliphatic rings. The first-order valence-corrected chi connectivity index (χ1v) is 5.04. The maximum absolute atomic E-state index is 12.6. The number of benzene rings is 1. The van der Waals surface area contributed by atoms with Crippen LogP contribution in [0.1, 0.15) is 4.88 Å². The van der Waals surface area contributed by atoms with Gasteiger partial charge in [0.05, 0.1) is 5.51 Å². The van der Waals surface area contributed by atoms with Gasteiger partial charge in [-0.3, -0.25) is 0 Å². The number of thiazole rings is 1. The molecule has 0 atom stereocenters. The van der Waals surface area contributed by atoms with Gasteiger partial charge in [-0.2, -0.15) is 5.26 Å². The molecule has 0 saturated heterocycles. The Balaban J connectivity index is 2.23. The van der Waals surface area contributed by atoms with E-state index in [-0.39, 0.29) is 5.82 Å². The molecular formula is C10H6FN3S. The molecule has 0 radical (unpaired) electrons. The minimum Gasteiger partial charge on any atom is -0.338 e. The molecule has 5 heteroatoms. The molecule has 1 aromatic carbocycles. The Bertz CT molecular complexity index is 498. The van der Waals surface area contributed by atoms with Crippen molar-refractivity contribution in [2.24, 2.45) is 0 Å². The molecule has 0 amide bonds. The lowest BCUT2D eigenvalue weighted by Gasteiger charge is -2.02. The molecule has 2 aromatic rings.